The van der Waals surface area contributed by atoms with Gasteiger partial charge in [0.25, 0.3) is 0 Å². The van der Waals surface area contributed by atoms with Crippen molar-refractivity contribution in [2.75, 3.05) is 6.61 Å². The van der Waals surface area contributed by atoms with E-state index >= 15 is 0 Å². The summed E-state index contributed by atoms with van der Waals surface area (Å²) in [5.41, 5.74) is 2.62. The second-order valence-electron chi connectivity index (χ2n) is 3.30. The Morgan fingerprint density at radius 2 is 2.13 bits per heavy atom. The van der Waals surface area contributed by atoms with Crippen molar-refractivity contribution in [3.8, 4) is 0 Å². The standard InChI is InChI=1S/C12H13BrO2/c1-4-5-15-12(14)10-7-11(13)9(3)6-8(10)2/h4,6-7H,1,5H2,2-3H3. The zero-order chi connectivity index (χ0) is 11.4. The lowest BCUT2D eigenvalue weighted by Crippen LogP contribution is -2.07. The van der Waals surface area contributed by atoms with Crippen LogP contribution in [0.25, 0.3) is 0 Å². The van der Waals surface area contributed by atoms with Crippen LogP contribution in [-0.4, -0.2) is 12.6 Å². The molecule has 0 unspecified atom stereocenters. The van der Waals surface area contributed by atoms with Crippen LogP contribution in [0, 0.1) is 13.8 Å². The molecule has 2 nitrogen and oxygen atoms in total. The summed E-state index contributed by atoms with van der Waals surface area (Å²) in [6.45, 7) is 7.61. The van der Waals surface area contributed by atoms with E-state index in [0.29, 0.717) is 5.56 Å². The molecule has 0 aliphatic heterocycles. The van der Waals surface area contributed by atoms with E-state index in [1.165, 1.54) is 0 Å². The summed E-state index contributed by atoms with van der Waals surface area (Å²) in [7, 11) is 0. The van der Waals surface area contributed by atoms with Crippen molar-refractivity contribution >= 4 is 21.9 Å². The van der Waals surface area contributed by atoms with E-state index < -0.39 is 0 Å². The summed E-state index contributed by atoms with van der Waals surface area (Å²) >= 11 is 3.39. The number of esters is 1. The minimum atomic E-state index is -0.312. The van der Waals surface area contributed by atoms with Gasteiger partial charge in [0.05, 0.1) is 5.56 Å². The number of ether oxygens (including phenoxy) is 1. The Hall–Kier alpha value is -1.09. The lowest BCUT2D eigenvalue weighted by atomic mass is 10.1. The van der Waals surface area contributed by atoms with Crippen LogP contribution in [0.15, 0.2) is 29.3 Å². The highest BCUT2D eigenvalue weighted by molar-refractivity contribution is 9.10. The minimum Gasteiger partial charge on any atom is -0.458 e. The van der Waals surface area contributed by atoms with Crippen molar-refractivity contribution < 1.29 is 9.53 Å². The van der Waals surface area contributed by atoms with Gasteiger partial charge in [-0.15, -0.1) is 0 Å². The quantitative estimate of drug-likeness (QED) is 0.621. The number of hydrogen-bond donors (Lipinski definition) is 0. The van der Waals surface area contributed by atoms with E-state index in [4.69, 9.17) is 4.74 Å². The number of benzene rings is 1. The van der Waals surface area contributed by atoms with Gasteiger partial charge in [0.15, 0.2) is 0 Å². The monoisotopic (exact) mass is 268 g/mol. The molecule has 0 saturated heterocycles. The summed E-state index contributed by atoms with van der Waals surface area (Å²) in [5.74, 6) is -0.312. The number of rotatable bonds is 3. The molecule has 0 saturated carbocycles. The van der Waals surface area contributed by atoms with Crippen molar-refractivity contribution in [1.29, 1.82) is 0 Å². The van der Waals surface area contributed by atoms with Gasteiger partial charge in [-0.05, 0) is 31.0 Å². The first-order valence-electron chi connectivity index (χ1n) is 4.61. The summed E-state index contributed by atoms with van der Waals surface area (Å²) in [4.78, 5) is 11.6. The number of carbonyl (C=O) groups excluding carboxylic acids is 1. The van der Waals surface area contributed by atoms with Crippen LogP contribution in [-0.2, 0) is 4.74 Å². The predicted molar refractivity (Wildman–Crippen MR) is 64.1 cm³/mol. The summed E-state index contributed by atoms with van der Waals surface area (Å²) in [6, 6.07) is 3.74. The first kappa shape index (κ1) is 12.0. The van der Waals surface area contributed by atoms with Gasteiger partial charge in [0, 0.05) is 4.47 Å². The highest BCUT2D eigenvalue weighted by Crippen LogP contribution is 2.21. The van der Waals surface area contributed by atoms with Crippen LogP contribution < -0.4 is 0 Å². The van der Waals surface area contributed by atoms with Gasteiger partial charge < -0.3 is 4.74 Å². The molecule has 0 radical (unpaired) electrons. The van der Waals surface area contributed by atoms with Crippen molar-refractivity contribution in [3.05, 3.63) is 46.0 Å². The van der Waals surface area contributed by atoms with Crippen molar-refractivity contribution in [3.63, 3.8) is 0 Å². The Labute approximate surface area is 98.1 Å². The molecule has 80 valence electrons. The smallest absolute Gasteiger partial charge is 0.338 e. The van der Waals surface area contributed by atoms with Gasteiger partial charge in [-0.25, -0.2) is 4.79 Å². The van der Waals surface area contributed by atoms with E-state index in [-0.39, 0.29) is 12.6 Å². The molecule has 1 aromatic carbocycles. The number of carbonyl (C=O) groups is 1. The third-order valence-electron chi connectivity index (χ3n) is 2.06. The molecule has 3 heteroatoms. The fourth-order valence-corrected chi connectivity index (χ4v) is 1.60. The van der Waals surface area contributed by atoms with Crippen LogP contribution in [0.5, 0.6) is 0 Å². The predicted octanol–water partition coefficient (Wildman–Crippen LogP) is 3.41. The molecule has 0 amide bonds. The van der Waals surface area contributed by atoms with E-state index in [9.17, 15) is 4.79 Å². The molecule has 15 heavy (non-hydrogen) atoms. The molecule has 0 bridgehead atoms. The van der Waals surface area contributed by atoms with Gasteiger partial charge in [0.1, 0.15) is 6.61 Å². The fourth-order valence-electron chi connectivity index (χ4n) is 1.26. The summed E-state index contributed by atoms with van der Waals surface area (Å²) in [5, 5.41) is 0. The van der Waals surface area contributed by atoms with Crippen LogP contribution in [0.4, 0.5) is 0 Å². The lowest BCUT2D eigenvalue weighted by Gasteiger charge is -2.07. The molecule has 0 spiro atoms. The summed E-state index contributed by atoms with van der Waals surface area (Å²) in [6.07, 6.45) is 1.55. The average Bonchev–Trinajstić information content (AvgIpc) is 2.20. The van der Waals surface area contributed by atoms with Crippen LogP contribution in [0.1, 0.15) is 21.5 Å². The summed E-state index contributed by atoms with van der Waals surface area (Å²) < 4.78 is 5.89. The largest absolute Gasteiger partial charge is 0.458 e. The Bertz CT molecular complexity index is 397. The molecule has 0 aliphatic rings. The number of hydrogen-bond acceptors (Lipinski definition) is 2. The first-order valence-corrected chi connectivity index (χ1v) is 5.40. The van der Waals surface area contributed by atoms with E-state index in [1.54, 1.807) is 12.1 Å². The van der Waals surface area contributed by atoms with Gasteiger partial charge in [0.2, 0.25) is 0 Å². The Morgan fingerprint density at radius 1 is 1.47 bits per heavy atom. The third kappa shape index (κ3) is 2.93. The van der Waals surface area contributed by atoms with Gasteiger partial charge >= 0.3 is 5.97 Å². The van der Waals surface area contributed by atoms with Gasteiger partial charge in [-0.3, -0.25) is 0 Å². The molecule has 0 fully saturated rings. The number of aryl methyl sites for hydroxylation is 2. The fraction of sp³-hybridized carbons (Fsp3) is 0.250. The molecule has 0 aromatic heterocycles. The highest BCUT2D eigenvalue weighted by Gasteiger charge is 2.11. The second kappa shape index (κ2) is 5.12. The Balaban J connectivity index is 2.98. The molecular weight excluding hydrogens is 256 g/mol. The van der Waals surface area contributed by atoms with E-state index in [1.807, 2.05) is 19.9 Å². The molecule has 0 aliphatic carbocycles. The molecule has 1 aromatic rings. The topological polar surface area (TPSA) is 26.3 Å². The van der Waals surface area contributed by atoms with Crippen molar-refractivity contribution in [1.82, 2.24) is 0 Å². The highest BCUT2D eigenvalue weighted by atomic mass is 79.9. The number of halogens is 1. The van der Waals surface area contributed by atoms with E-state index in [0.717, 1.165) is 15.6 Å². The minimum absolute atomic E-state index is 0.240. The Kier molecular flexibility index (Phi) is 4.09. The average molecular weight is 269 g/mol. The van der Waals surface area contributed by atoms with Crippen LogP contribution in [0.3, 0.4) is 0 Å². The maximum Gasteiger partial charge on any atom is 0.338 e. The first-order chi connectivity index (χ1) is 7.06. The normalized spacial score (nSPS) is 9.80. The molecule has 0 N–H and O–H groups in total. The van der Waals surface area contributed by atoms with E-state index in [2.05, 4.69) is 22.5 Å². The Morgan fingerprint density at radius 3 is 2.73 bits per heavy atom. The molecule has 1 rings (SSSR count). The molecular formula is C12H13BrO2. The van der Waals surface area contributed by atoms with Crippen LogP contribution in [0.2, 0.25) is 0 Å². The van der Waals surface area contributed by atoms with Gasteiger partial charge in [-0.2, -0.15) is 0 Å². The zero-order valence-corrected chi connectivity index (χ0v) is 10.4. The molecule has 0 heterocycles. The van der Waals surface area contributed by atoms with Gasteiger partial charge in [-0.1, -0.05) is 34.7 Å². The van der Waals surface area contributed by atoms with Crippen LogP contribution >= 0.6 is 15.9 Å². The maximum atomic E-state index is 11.6. The van der Waals surface area contributed by atoms with Crippen molar-refractivity contribution in [2.45, 2.75) is 13.8 Å². The maximum absolute atomic E-state index is 11.6. The molecule has 0 atom stereocenters. The zero-order valence-electron chi connectivity index (χ0n) is 8.84. The lowest BCUT2D eigenvalue weighted by molar-refractivity contribution is 0.0549. The third-order valence-corrected chi connectivity index (χ3v) is 2.91. The second-order valence-corrected chi connectivity index (χ2v) is 4.16. The SMILES string of the molecule is C=CCOC(=O)c1cc(Br)c(C)cc1C. The van der Waals surface area contributed by atoms with Crippen molar-refractivity contribution in [2.24, 2.45) is 0 Å².